The second-order valence-electron chi connectivity index (χ2n) is 5.17. The van der Waals surface area contributed by atoms with Crippen LogP contribution < -0.4 is 5.73 Å². The van der Waals surface area contributed by atoms with E-state index in [1.54, 1.807) is 20.8 Å². The molecule has 0 aromatic carbocycles. The lowest BCUT2D eigenvalue weighted by Gasteiger charge is -2.27. The number of halogens is 1. The van der Waals surface area contributed by atoms with Gasteiger partial charge in [0.25, 0.3) is 0 Å². The van der Waals surface area contributed by atoms with Crippen LogP contribution in [0.5, 0.6) is 0 Å². The average Bonchev–Trinajstić information content (AvgIpc) is 2.56. The van der Waals surface area contributed by atoms with Gasteiger partial charge in [-0.25, -0.2) is 9.59 Å². The largest absolute Gasteiger partial charge is 0.467 e. The minimum absolute atomic E-state index is 0. The van der Waals surface area contributed by atoms with Gasteiger partial charge in [-0.2, -0.15) is 0 Å². The van der Waals surface area contributed by atoms with Crippen LogP contribution in [0.1, 0.15) is 27.2 Å². The SMILES string of the molecule is COC(=O)C1CC(N)CN1C(=O)OC(C)(C)C.Cl. The molecule has 0 spiro atoms. The molecule has 1 aliphatic rings. The molecule has 0 aromatic heterocycles. The normalized spacial score (nSPS) is 23.3. The molecule has 1 rings (SSSR count). The first-order valence-corrected chi connectivity index (χ1v) is 5.57. The molecule has 1 amide bonds. The maximum Gasteiger partial charge on any atom is 0.411 e. The molecule has 18 heavy (non-hydrogen) atoms. The minimum Gasteiger partial charge on any atom is -0.467 e. The zero-order valence-corrected chi connectivity index (χ0v) is 12.0. The fourth-order valence-electron chi connectivity index (χ4n) is 1.75. The third-order valence-corrected chi connectivity index (χ3v) is 2.43. The molecule has 1 saturated heterocycles. The number of amides is 1. The second kappa shape index (κ2) is 6.24. The predicted octanol–water partition coefficient (Wildman–Crippen LogP) is 0.918. The zero-order chi connectivity index (χ0) is 13.2. The van der Waals surface area contributed by atoms with E-state index in [1.165, 1.54) is 12.0 Å². The lowest BCUT2D eigenvalue weighted by molar-refractivity contribution is -0.145. The summed E-state index contributed by atoms with van der Waals surface area (Å²) in [6.45, 7) is 5.63. The highest BCUT2D eigenvalue weighted by molar-refractivity contribution is 5.85. The number of nitrogens with zero attached hydrogens (tertiary/aromatic N) is 1. The van der Waals surface area contributed by atoms with Gasteiger partial charge in [-0.1, -0.05) is 0 Å². The molecule has 7 heteroatoms. The fraction of sp³-hybridized carbons (Fsp3) is 0.818. The number of hydrogen-bond donors (Lipinski definition) is 1. The van der Waals surface area contributed by atoms with Crippen molar-refractivity contribution in [3.8, 4) is 0 Å². The van der Waals surface area contributed by atoms with Crippen molar-refractivity contribution < 1.29 is 19.1 Å². The van der Waals surface area contributed by atoms with Gasteiger partial charge in [0.2, 0.25) is 0 Å². The average molecular weight is 281 g/mol. The number of hydrogen-bond acceptors (Lipinski definition) is 5. The molecular formula is C11H21ClN2O4. The quantitative estimate of drug-likeness (QED) is 0.722. The first-order chi connectivity index (χ1) is 7.74. The third-order valence-electron chi connectivity index (χ3n) is 2.43. The molecule has 2 N–H and O–H groups in total. The van der Waals surface area contributed by atoms with Gasteiger partial charge in [0, 0.05) is 12.6 Å². The number of carbonyl (C=O) groups is 2. The van der Waals surface area contributed by atoms with Gasteiger partial charge in [0.05, 0.1) is 7.11 Å². The maximum atomic E-state index is 11.9. The van der Waals surface area contributed by atoms with Crippen LogP contribution in [-0.4, -0.2) is 48.3 Å². The highest BCUT2D eigenvalue weighted by Gasteiger charge is 2.40. The van der Waals surface area contributed by atoms with Gasteiger partial charge >= 0.3 is 12.1 Å². The van der Waals surface area contributed by atoms with Gasteiger partial charge in [-0.3, -0.25) is 4.90 Å². The Hall–Kier alpha value is -1.01. The molecule has 1 heterocycles. The van der Waals surface area contributed by atoms with Crippen molar-refractivity contribution in [2.24, 2.45) is 5.73 Å². The highest BCUT2D eigenvalue weighted by Crippen LogP contribution is 2.21. The number of carbonyl (C=O) groups excluding carboxylic acids is 2. The van der Waals surface area contributed by atoms with Crippen LogP contribution in [0.3, 0.4) is 0 Å². The van der Waals surface area contributed by atoms with Gasteiger partial charge in [0.15, 0.2) is 0 Å². The highest BCUT2D eigenvalue weighted by atomic mass is 35.5. The van der Waals surface area contributed by atoms with E-state index in [2.05, 4.69) is 4.74 Å². The van der Waals surface area contributed by atoms with Gasteiger partial charge in [0.1, 0.15) is 11.6 Å². The van der Waals surface area contributed by atoms with Gasteiger partial charge in [-0.15, -0.1) is 12.4 Å². The number of ether oxygens (including phenoxy) is 2. The summed E-state index contributed by atoms with van der Waals surface area (Å²) in [6, 6.07) is -0.850. The smallest absolute Gasteiger partial charge is 0.411 e. The molecule has 2 atom stereocenters. The number of esters is 1. The lowest BCUT2D eigenvalue weighted by atomic mass is 10.2. The van der Waals surface area contributed by atoms with Crippen molar-refractivity contribution >= 4 is 24.5 Å². The molecule has 106 valence electrons. The Kier molecular flexibility index (Phi) is 5.89. The monoisotopic (exact) mass is 280 g/mol. The van der Waals surface area contributed by atoms with E-state index >= 15 is 0 Å². The fourth-order valence-corrected chi connectivity index (χ4v) is 1.75. The van der Waals surface area contributed by atoms with Crippen LogP contribution in [0.15, 0.2) is 0 Å². The topological polar surface area (TPSA) is 81.9 Å². The Morgan fingerprint density at radius 1 is 1.33 bits per heavy atom. The first-order valence-electron chi connectivity index (χ1n) is 5.57. The molecule has 0 radical (unpaired) electrons. The Morgan fingerprint density at radius 2 is 1.89 bits per heavy atom. The van der Waals surface area contributed by atoms with Crippen LogP contribution in [0.4, 0.5) is 4.79 Å². The van der Waals surface area contributed by atoms with Crippen LogP contribution >= 0.6 is 12.4 Å². The Balaban J connectivity index is 0.00000289. The predicted molar refractivity (Wildman–Crippen MR) is 68.6 cm³/mol. The first kappa shape index (κ1) is 17.0. The summed E-state index contributed by atoms with van der Waals surface area (Å²) in [5.74, 6) is -0.455. The van der Waals surface area contributed by atoms with Crippen molar-refractivity contribution in [2.45, 2.75) is 44.9 Å². The van der Waals surface area contributed by atoms with Gasteiger partial charge < -0.3 is 15.2 Å². The van der Waals surface area contributed by atoms with Crippen LogP contribution in [0.25, 0.3) is 0 Å². The van der Waals surface area contributed by atoms with Crippen molar-refractivity contribution in [1.29, 1.82) is 0 Å². The Morgan fingerprint density at radius 3 is 2.33 bits per heavy atom. The summed E-state index contributed by atoms with van der Waals surface area (Å²) >= 11 is 0. The van der Waals surface area contributed by atoms with Crippen molar-refractivity contribution in [2.75, 3.05) is 13.7 Å². The van der Waals surface area contributed by atoms with Crippen LogP contribution in [0.2, 0.25) is 0 Å². The molecule has 0 aromatic rings. The van der Waals surface area contributed by atoms with Crippen LogP contribution in [0, 0.1) is 0 Å². The molecule has 2 unspecified atom stereocenters. The molecule has 6 nitrogen and oxygen atoms in total. The number of rotatable bonds is 1. The molecular weight excluding hydrogens is 260 g/mol. The van der Waals surface area contributed by atoms with Crippen molar-refractivity contribution in [3.05, 3.63) is 0 Å². The van der Waals surface area contributed by atoms with E-state index in [-0.39, 0.29) is 18.4 Å². The van der Waals surface area contributed by atoms with E-state index in [1.807, 2.05) is 0 Å². The molecule has 1 aliphatic heterocycles. The number of nitrogens with two attached hydrogens (primary N) is 1. The van der Waals surface area contributed by atoms with Crippen molar-refractivity contribution in [3.63, 3.8) is 0 Å². The summed E-state index contributed by atoms with van der Waals surface area (Å²) in [7, 11) is 1.29. The van der Waals surface area contributed by atoms with Crippen LogP contribution in [-0.2, 0) is 14.3 Å². The number of methoxy groups -OCH3 is 1. The Labute approximate surface area is 113 Å². The molecule has 0 saturated carbocycles. The zero-order valence-electron chi connectivity index (χ0n) is 11.1. The van der Waals surface area contributed by atoms with E-state index in [4.69, 9.17) is 10.5 Å². The molecule has 1 fully saturated rings. The standard InChI is InChI=1S/C11H20N2O4.ClH/c1-11(2,3)17-10(15)13-6-7(12)5-8(13)9(14)16-4;/h7-8H,5-6,12H2,1-4H3;1H. The summed E-state index contributed by atoms with van der Waals surface area (Å²) in [5.41, 5.74) is 5.16. The summed E-state index contributed by atoms with van der Waals surface area (Å²) < 4.78 is 9.87. The summed E-state index contributed by atoms with van der Waals surface area (Å²) in [5, 5.41) is 0. The summed E-state index contributed by atoms with van der Waals surface area (Å²) in [4.78, 5) is 24.7. The van der Waals surface area contributed by atoms with E-state index in [0.717, 1.165) is 0 Å². The number of likely N-dealkylation sites (tertiary alicyclic amines) is 1. The Bertz CT molecular complexity index is 317. The summed E-state index contributed by atoms with van der Waals surface area (Å²) in [6.07, 6.45) is -0.118. The maximum absolute atomic E-state index is 11.9. The lowest BCUT2D eigenvalue weighted by Crippen LogP contribution is -2.44. The van der Waals surface area contributed by atoms with E-state index in [0.29, 0.717) is 13.0 Å². The van der Waals surface area contributed by atoms with Crippen molar-refractivity contribution in [1.82, 2.24) is 4.90 Å². The van der Waals surface area contributed by atoms with Gasteiger partial charge in [-0.05, 0) is 27.2 Å². The van der Waals surface area contributed by atoms with E-state index < -0.39 is 23.7 Å². The van der Waals surface area contributed by atoms with E-state index in [9.17, 15) is 9.59 Å². The second-order valence-corrected chi connectivity index (χ2v) is 5.17. The third kappa shape index (κ3) is 4.34. The minimum atomic E-state index is -0.634. The molecule has 0 bridgehead atoms. The molecule has 0 aliphatic carbocycles.